The van der Waals surface area contributed by atoms with Gasteiger partial charge in [0.15, 0.2) is 0 Å². The van der Waals surface area contributed by atoms with E-state index in [0.717, 1.165) is 5.56 Å². The van der Waals surface area contributed by atoms with Gasteiger partial charge in [-0.15, -0.1) is 0 Å². The Bertz CT molecular complexity index is 553. The standard InChI is InChI=1S/C16H21N3O3/c1-11(9-17-2)16(22)18-13-5-3-12(4-6-13)10-19-14(20)7-8-15(19)21/h3-6,11,17H,7-10H2,1-2H3,(H,18,22). The Morgan fingerprint density at radius 1 is 1.18 bits per heavy atom. The zero-order valence-electron chi connectivity index (χ0n) is 12.9. The molecule has 0 aromatic heterocycles. The van der Waals surface area contributed by atoms with Gasteiger partial charge in [0.05, 0.1) is 6.54 Å². The van der Waals surface area contributed by atoms with E-state index in [1.807, 2.05) is 19.1 Å². The number of anilines is 1. The van der Waals surface area contributed by atoms with Crippen molar-refractivity contribution in [3.8, 4) is 0 Å². The molecule has 1 aromatic rings. The van der Waals surface area contributed by atoms with Gasteiger partial charge < -0.3 is 10.6 Å². The quantitative estimate of drug-likeness (QED) is 0.772. The van der Waals surface area contributed by atoms with Gasteiger partial charge in [-0.3, -0.25) is 19.3 Å². The van der Waals surface area contributed by atoms with Crippen LogP contribution in [-0.4, -0.2) is 36.2 Å². The monoisotopic (exact) mass is 303 g/mol. The maximum Gasteiger partial charge on any atom is 0.229 e. The Labute approximate surface area is 129 Å². The molecule has 1 aliphatic heterocycles. The molecule has 6 heteroatoms. The van der Waals surface area contributed by atoms with Gasteiger partial charge in [0.1, 0.15) is 0 Å². The molecule has 0 aliphatic carbocycles. The number of hydrogen-bond donors (Lipinski definition) is 2. The molecule has 0 radical (unpaired) electrons. The van der Waals surface area contributed by atoms with Crippen molar-refractivity contribution in [3.05, 3.63) is 29.8 Å². The summed E-state index contributed by atoms with van der Waals surface area (Å²) >= 11 is 0. The molecule has 22 heavy (non-hydrogen) atoms. The van der Waals surface area contributed by atoms with Crippen molar-refractivity contribution in [2.24, 2.45) is 5.92 Å². The SMILES string of the molecule is CNCC(C)C(=O)Nc1ccc(CN2C(=O)CCC2=O)cc1. The van der Waals surface area contributed by atoms with E-state index in [4.69, 9.17) is 0 Å². The van der Waals surface area contributed by atoms with Gasteiger partial charge in [0.2, 0.25) is 17.7 Å². The second kappa shape index (κ2) is 7.17. The Morgan fingerprint density at radius 3 is 2.32 bits per heavy atom. The van der Waals surface area contributed by atoms with E-state index in [2.05, 4.69) is 10.6 Å². The Kier molecular flexibility index (Phi) is 5.27. The van der Waals surface area contributed by atoms with Crippen LogP contribution in [0.15, 0.2) is 24.3 Å². The fourth-order valence-corrected chi connectivity index (χ4v) is 2.34. The Morgan fingerprint density at radius 2 is 1.77 bits per heavy atom. The lowest BCUT2D eigenvalue weighted by molar-refractivity contribution is -0.139. The first-order valence-corrected chi connectivity index (χ1v) is 7.39. The fraction of sp³-hybridized carbons (Fsp3) is 0.438. The minimum atomic E-state index is -0.122. The summed E-state index contributed by atoms with van der Waals surface area (Å²) in [7, 11) is 1.81. The number of benzene rings is 1. The molecular weight excluding hydrogens is 282 g/mol. The highest BCUT2D eigenvalue weighted by Gasteiger charge is 2.28. The Balaban J connectivity index is 1.94. The average molecular weight is 303 g/mol. The van der Waals surface area contributed by atoms with E-state index in [1.165, 1.54) is 4.90 Å². The molecule has 3 amide bonds. The third-order valence-electron chi connectivity index (χ3n) is 3.67. The highest BCUT2D eigenvalue weighted by molar-refractivity contribution is 6.01. The summed E-state index contributed by atoms with van der Waals surface area (Å²) in [6, 6.07) is 7.20. The lowest BCUT2D eigenvalue weighted by atomic mass is 10.1. The van der Waals surface area contributed by atoms with Crippen molar-refractivity contribution < 1.29 is 14.4 Å². The number of nitrogens with one attached hydrogen (secondary N) is 2. The molecule has 2 N–H and O–H groups in total. The molecule has 1 saturated heterocycles. The van der Waals surface area contributed by atoms with Crippen molar-refractivity contribution in [2.75, 3.05) is 18.9 Å². The first-order valence-electron chi connectivity index (χ1n) is 7.39. The number of carbonyl (C=O) groups is 3. The summed E-state index contributed by atoms with van der Waals surface area (Å²) in [5, 5.41) is 5.80. The number of nitrogens with zero attached hydrogens (tertiary/aromatic N) is 1. The molecule has 1 heterocycles. The summed E-state index contributed by atoms with van der Waals surface area (Å²) in [5.41, 5.74) is 1.57. The van der Waals surface area contributed by atoms with Crippen LogP contribution < -0.4 is 10.6 Å². The molecule has 118 valence electrons. The molecule has 0 bridgehead atoms. The molecular formula is C16H21N3O3. The molecule has 1 unspecified atom stereocenters. The fourth-order valence-electron chi connectivity index (χ4n) is 2.34. The van der Waals surface area contributed by atoms with Gasteiger partial charge in [-0.1, -0.05) is 19.1 Å². The van der Waals surface area contributed by atoms with Crippen molar-refractivity contribution in [2.45, 2.75) is 26.3 Å². The van der Waals surface area contributed by atoms with E-state index in [1.54, 1.807) is 19.2 Å². The van der Waals surface area contributed by atoms with Crippen LogP contribution in [0, 0.1) is 5.92 Å². The molecule has 2 rings (SSSR count). The summed E-state index contributed by atoms with van der Waals surface area (Å²) in [4.78, 5) is 36.3. The maximum atomic E-state index is 11.9. The van der Waals surface area contributed by atoms with E-state index in [9.17, 15) is 14.4 Å². The van der Waals surface area contributed by atoms with Crippen LogP contribution in [0.4, 0.5) is 5.69 Å². The van der Waals surface area contributed by atoms with Crippen molar-refractivity contribution in [3.63, 3.8) is 0 Å². The maximum absolute atomic E-state index is 11.9. The third kappa shape index (κ3) is 3.92. The van der Waals surface area contributed by atoms with Crippen LogP contribution in [0.3, 0.4) is 0 Å². The molecule has 1 fully saturated rings. The highest BCUT2D eigenvalue weighted by atomic mass is 16.2. The van der Waals surface area contributed by atoms with Gasteiger partial charge in [0, 0.05) is 31.0 Å². The van der Waals surface area contributed by atoms with E-state index < -0.39 is 0 Å². The molecule has 1 atom stereocenters. The van der Waals surface area contributed by atoms with E-state index in [0.29, 0.717) is 31.6 Å². The van der Waals surface area contributed by atoms with Crippen molar-refractivity contribution in [1.29, 1.82) is 0 Å². The largest absolute Gasteiger partial charge is 0.326 e. The second-order valence-electron chi connectivity index (χ2n) is 5.52. The van der Waals surface area contributed by atoms with Gasteiger partial charge in [-0.2, -0.15) is 0 Å². The van der Waals surface area contributed by atoms with Crippen LogP contribution in [0.1, 0.15) is 25.3 Å². The predicted octanol–water partition coefficient (Wildman–Crippen LogP) is 1.13. The van der Waals surface area contributed by atoms with Crippen LogP contribution in [0.25, 0.3) is 0 Å². The minimum absolute atomic E-state index is 0.0491. The number of carbonyl (C=O) groups excluding carboxylic acids is 3. The molecule has 0 spiro atoms. The van der Waals surface area contributed by atoms with Crippen LogP contribution >= 0.6 is 0 Å². The summed E-state index contributed by atoms with van der Waals surface area (Å²) < 4.78 is 0. The summed E-state index contributed by atoms with van der Waals surface area (Å²) in [5.74, 6) is -0.414. The van der Waals surface area contributed by atoms with Crippen molar-refractivity contribution in [1.82, 2.24) is 10.2 Å². The molecule has 0 saturated carbocycles. The van der Waals surface area contributed by atoms with Crippen LogP contribution in [-0.2, 0) is 20.9 Å². The summed E-state index contributed by atoms with van der Waals surface area (Å²) in [6.45, 7) is 2.76. The van der Waals surface area contributed by atoms with E-state index in [-0.39, 0.29) is 23.6 Å². The molecule has 1 aromatic carbocycles. The van der Waals surface area contributed by atoms with Crippen LogP contribution in [0.2, 0.25) is 0 Å². The number of rotatable bonds is 6. The van der Waals surface area contributed by atoms with Gasteiger partial charge in [-0.25, -0.2) is 0 Å². The lowest BCUT2D eigenvalue weighted by Crippen LogP contribution is -2.29. The first kappa shape index (κ1) is 16.2. The number of likely N-dealkylation sites (tertiary alicyclic amines) is 1. The topological polar surface area (TPSA) is 78.5 Å². The minimum Gasteiger partial charge on any atom is -0.326 e. The highest BCUT2D eigenvalue weighted by Crippen LogP contribution is 2.17. The summed E-state index contributed by atoms with van der Waals surface area (Å²) in [6.07, 6.45) is 0.604. The van der Waals surface area contributed by atoms with E-state index >= 15 is 0 Å². The Hall–Kier alpha value is -2.21. The first-order chi connectivity index (χ1) is 10.5. The molecule has 1 aliphatic rings. The van der Waals surface area contributed by atoms with Crippen molar-refractivity contribution >= 4 is 23.4 Å². The van der Waals surface area contributed by atoms with Crippen LogP contribution in [0.5, 0.6) is 0 Å². The lowest BCUT2D eigenvalue weighted by Gasteiger charge is -2.15. The second-order valence-corrected chi connectivity index (χ2v) is 5.52. The number of amides is 3. The molecule has 6 nitrogen and oxygen atoms in total. The third-order valence-corrected chi connectivity index (χ3v) is 3.67. The number of imide groups is 1. The average Bonchev–Trinajstić information content (AvgIpc) is 2.81. The van der Waals surface area contributed by atoms with Gasteiger partial charge in [-0.05, 0) is 24.7 Å². The predicted molar refractivity (Wildman–Crippen MR) is 83.0 cm³/mol. The normalized spacial score (nSPS) is 16.0. The smallest absolute Gasteiger partial charge is 0.229 e. The zero-order valence-corrected chi connectivity index (χ0v) is 12.9. The van der Waals surface area contributed by atoms with Gasteiger partial charge >= 0.3 is 0 Å². The zero-order chi connectivity index (χ0) is 16.1. The number of hydrogen-bond acceptors (Lipinski definition) is 4. The van der Waals surface area contributed by atoms with Gasteiger partial charge in [0.25, 0.3) is 0 Å².